The standard InChI is InChI=1S/C15H24N2O2/c1-4-8-14(16-12(2)3)15(18)17-19-11-13-9-6-5-7-10-13/h5-7,9-10,12,14,16H,4,8,11H2,1-3H3,(H,17,18)/t14-/m1/s1. The van der Waals surface area contributed by atoms with Crippen molar-refractivity contribution in [3.05, 3.63) is 35.9 Å². The molecule has 0 bridgehead atoms. The second-order valence-corrected chi connectivity index (χ2v) is 4.90. The van der Waals surface area contributed by atoms with Crippen LogP contribution in [0.2, 0.25) is 0 Å². The van der Waals surface area contributed by atoms with E-state index in [1.165, 1.54) is 0 Å². The molecule has 0 aliphatic rings. The number of carbonyl (C=O) groups is 1. The van der Waals surface area contributed by atoms with Gasteiger partial charge in [-0.3, -0.25) is 9.63 Å². The van der Waals surface area contributed by atoms with E-state index in [0.29, 0.717) is 6.61 Å². The zero-order valence-corrected chi connectivity index (χ0v) is 12.0. The quantitative estimate of drug-likeness (QED) is 0.709. The molecule has 4 heteroatoms. The molecule has 0 radical (unpaired) electrons. The summed E-state index contributed by atoms with van der Waals surface area (Å²) >= 11 is 0. The molecule has 0 aliphatic carbocycles. The fourth-order valence-corrected chi connectivity index (χ4v) is 1.82. The number of hydrogen-bond acceptors (Lipinski definition) is 3. The third-order valence-electron chi connectivity index (χ3n) is 2.68. The Kier molecular flexibility index (Phi) is 7.15. The summed E-state index contributed by atoms with van der Waals surface area (Å²) in [6, 6.07) is 9.84. The minimum Gasteiger partial charge on any atom is -0.304 e. The Morgan fingerprint density at radius 2 is 1.95 bits per heavy atom. The van der Waals surface area contributed by atoms with Crippen LogP contribution in [-0.4, -0.2) is 18.0 Å². The van der Waals surface area contributed by atoms with Crippen LogP contribution >= 0.6 is 0 Å². The maximum Gasteiger partial charge on any atom is 0.260 e. The van der Waals surface area contributed by atoms with Crippen LogP contribution in [0, 0.1) is 0 Å². The Morgan fingerprint density at radius 1 is 1.26 bits per heavy atom. The fraction of sp³-hybridized carbons (Fsp3) is 0.533. The molecule has 0 spiro atoms. The van der Waals surface area contributed by atoms with Gasteiger partial charge in [-0.1, -0.05) is 57.5 Å². The summed E-state index contributed by atoms with van der Waals surface area (Å²) in [6.07, 6.45) is 1.76. The fourth-order valence-electron chi connectivity index (χ4n) is 1.82. The predicted octanol–water partition coefficient (Wildman–Crippen LogP) is 2.40. The first-order chi connectivity index (χ1) is 9.13. The van der Waals surface area contributed by atoms with Crippen LogP contribution < -0.4 is 10.8 Å². The number of nitrogens with one attached hydrogen (secondary N) is 2. The summed E-state index contributed by atoms with van der Waals surface area (Å²) in [5, 5.41) is 3.24. The van der Waals surface area contributed by atoms with E-state index in [4.69, 9.17) is 4.84 Å². The van der Waals surface area contributed by atoms with E-state index in [-0.39, 0.29) is 18.0 Å². The molecule has 19 heavy (non-hydrogen) atoms. The molecule has 0 saturated heterocycles. The Hall–Kier alpha value is -1.39. The summed E-state index contributed by atoms with van der Waals surface area (Å²) in [5.74, 6) is -0.105. The molecule has 1 atom stereocenters. The molecule has 0 saturated carbocycles. The number of amides is 1. The molecular formula is C15H24N2O2. The van der Waals surface area contributed by atoms with Gasteiger partial charge in [0, 0.05) is 6.04 Å². The van der Waals surface area contributed by atoms with E-state index >= 15 is 0 Å². The molecule has 1 rings (SSSR count). The zero-order chi connectivity index (χ0) is 14.1. The highest BCUT2D eigenvalue weighted by Crippen LogP contribution is 2.01. The molecule has 0 heterocycles. The van der Waals surface area contributed by atoms with Crippen molar-refractivity contribution in [1.29, 1.82) is 0 Å². The molecular weight excluding hydrogens is 240 g/mol. The average molecular weight is 264 g/mol. The molecule has 4 nitrogen and oxygen atoms in total. The average Bonchev–Trinajstić information content (AvgIpc) is 2.39. The minimum absolute atomic E-state index is 0.105. The summed E-state index contributed by atoms with van der Waals surface area (Å²) in [7, 11) is 0. The monoisotopic (exact) mass is 264 g/mol. The molecule has 0 aliphatic heterocycles. The van der Waals surface area contributed by atoms with Gasteiger partial charge >= 0.3 is 0 Å². The molecule has 2 N–H and O–H groups in total. The van der Waals surface area contributed by atoms with Gasteiger partial charge in [0.1, 0.15) is 0 Å². The largest absolute Gasteiger partial charge is 0.304 e. The number of hydrogen-bond donors (Lipinski definition) is 2. The topological polar surface area (TPSA) is 50.4 Å². The van der Waals surface area contributed by atoms with Gasteiger partial charge in [0.15, 0.2) is 0 Å². The van der Waals surface area contributed by atoms with Gasteiger partial charge in [-0.05, 0) is 12.0 Å². The van der Waals surface area contributed by atoms with Gasteiger partial charge in [0.05, 0.1) is 12.6 Å². The van der Waals surface area contributed by atoms with Crippen LogP contribution in [0.25, 0.3) is 0 Å². The third kappa shape index (κ3) is 6.36. The lowest BCUT2D eigenvalue weighted by Crippen LogP contribution is -2.46. The Morgan fingerprint density at radius 3 is 2.53 bits per heavy atom. The Bertz CT molecular complexity index is 366. The van der Waals surface area contributed by atoms with E-state index < -0.39 is 0 Å². The van der Waals surface area contributed by atoms with Crippen LogP contribution in [0.4, 0.5) is 0 Å². The van der Waals surface area contributed by atoms with Crippen molar-refractivity contribution >= 4 is 5.91 Å². The van der Waals surface area contributed by atoms with Crippen molar-refractivity contribution in [1.82, 2.24) is 10.8 Å². The van der Waals surface area contributed by atoms with Crippen molar-refractivity contribution in [2.24, 2.45) is 0 Å². The van der Waals surface area contributed by atoms with Crippen molar-refractivity contribution in [2.75, 3.05) is 0 Å². The second-order valence-electron chi connectivity index (χ2n) is 4.90. The molecule has 0 unspecified atom stereocenters. The maximum atomic E-state index is 12.0. The van der Waals surface area contributed by atoms with Crippen molar-refractivity contribution < 1.29 is 9.63 Å². The molecule has 106 valence electrons. The van der Waals surface area contributed by atoms with E-state index in [1.807, 2.05) is 44.2 Å². The molecule has 0 aromatic heterocycles. The van der Waals surface area contributed by atoms with Crippen molar-refractivity contribution in [3.63, 3.8) is 0 Å². The first-order valence-electron chi connectivity index (χ1n) is 6.85. The number of hydroxylamine groups is 1. The molecule has 1 aromatic rings. The first-order valence-corrected chi connectivity index (χ1v) is 6.85. The van der Waals surface area contributed by atoms with Gasteiger partial charge in [0.25, 0.3) is 5.91 Å². The first kappa shape index (κ1) is 15.7. The van der Waals surface area contributed by atoms with Crippen LogP contribution in [0.15, 0.2) is 30.3 Å². The lowest BCUT2D eigenvalue weighted by molar-refractivity contribution is -0.137. The van der Waals surface area contributed by atoms with Gasteiger partial charge < -0.3 is 5.32 Å². The van der Waals surface area contributed by atoms with Gasteiger partial charge in [-0.15, -0.1) is 0 Å². The second kappa shape index (κ2) is 8.67. The summed E-state index contributed by atoms with van der Waals surface area (Å²) < 4.78 is 0. The lowest BCUT2D eigenvalue weighted by Gasteiger charge is -2.19. The molecule has 1 aromatic carbocycles. The van der Waals surface area contributed by atoms with E-state index in [2.05, 4.69) is 17.7 Å². The van der Waals surface area contributed by atoms with E-state index in [9.17, 15) is 4.79 Å². The maximum absolute atomic E-state index is 12.0. The van der Waals surface area contributed by atoms with E-state index in [1.54, 1.807) is 0 Å². The lowest BCUT2D eigenvalue weighted by atomic mass is 10.1. The van der Waals surface area contributed by atoms with Gasteiger partial charge in [-0.2, -0.15) is 0 Å². The van der Waals surface area contributed by atoms with Crippen LogP contribution in [0.3, 0.4) is 0 Å². The summed E-state index contributed by atoms with van der Waals surface area (Å²) in [4.78, 5) is 17.2. The van der Waals surface area contributed by atoms with E-state index in [0.717, 1.165) is 18.4 Å². The molecule has 0 fully saturated rings. The van der Waals surface area contributed by atoms with Crippen molar-refractivity contribution in [3.8, 4) is 0 Å². The summed E-state index contributed by atoms with van der Waals surface area (Å²) in [6.45, 7) is 6.50. The highest BCUT2D eigenvalue weighted by Gasteiger charge is 2.17. The minimum atomic E-state index is -0.194. The highest BCUT2D eigenvalue weighted by molar-refractivity contribution is 5.80. The predicted molar refractivity (Wildman–Crippen MR) is 76.3 cm³/mol. The summed E-state index contributed by atoms with van der Waals surface area (Å²) in [5.41, 5.74) is 3.55. The smallest absolute Gasteiger partial charge is 0.260 e. The van der Waals surface area contributed by atoms with Crippen LogP contribution in [0.1, 0.15) is 39.2 Å². The Balaban J connectivity index is 2.35. The normalized spacial score (nSPS) is 12.4. The molecule has 1 amide bonds. The highest BCUT2D eigenvalue weighted by atomic mass is 16.6. The van der Waals surface area contributed by atoms with Gasteiger partial charge in [0.2, 0.25) is 0 Å². The van der Waals surface area contributed by atoms with Crippen molar-refractivity contribution in [2.45, 2.75) is 52.3 Å². The van der Waals surface area contributed by atoms with Crippen LogP contribution in [0.5, 0.6) is 0 Å². The Labute approximate surface area is 115 Å². The SMILES string of the molecule is CCC[C@@H](NC(C)C)C(=O)NOCc1ccccc1. The number of benzene rings is 1. The number of rotatable bonds is 8. The van der Waals surface area contributed by atoms with Gasteiger partial charge in [-0.25, -0.2) is 5.48 Å². The van der Waals surface area contributed by atoms with Crippen LogP contribution in [-0.2, 0) is 16.2 Å². The third-order valence-corrected chi connectivity index (χ3v) is 2.68. The number of carbonyl (C=O) groups excluding carboxylic acids is 1. The zero-order valence-electron chi connectivity index (χ0n) is 12.0.